The Balaban J connectivity index is 1.71. The molecule has 0 saturated carbocycles. The molecular formula is C19H21ClN4O4. The number of hydrogen-bond donors (Lipinski definition) is 4. The summed E-state index contributed by atoms with van der Waals surface area (Å²) in [5.41, 5.74) is 5.93. The van der Waals surface area contributed by atoms with Crippen molar-refractivity contribution in [1.29, 1.82) is 0 Å². The summed E-state index contributed by atoms with van der Waals surface area (Å²) in [7, 11) is 0. The standard InChI is InChI=1S/C19H21ClN4O4/c1-9-7-10(3-4-12(9)20)13(25)15-19(2,27)14(26)18(28-15)24-6-5-11-16(21)22-8-23-17(11)24/h3-8,13-15,18,25-27H,1-2H3,(H2,21,22,23)/t13-,14+,15-,18-,19+/m1/s1. The molecule has 3 heterocycles. The number of nitrogens with two attached hydrogens (primary N) is 1. The number of aliphatic hydroxyl groups excluding tert-OH is 2. The third kappa shape index (κ3) is 2.85. The lowest BCUT2D eigenvalue weighted by Gasteiger charge is -2.30. The van der Waals surface area contributed by atoms with E-state index in [0.717, 1.165) is 5.56 Å². The third-order valence-corrected chi connectivity index (χ3v) is 5.78. The van der Waals surface area contributed by atoms with Crippen LogP contribution in [0.4, 0.5) is 5.82 Å². The molecule has 1 saturated heterocycles. The zero-order chi connectivity index (χ0) is 20.2. The highest BCUT2D eigenvalue weighted by molar-refractivity contribution is 6.31. The number of rotatable bonds is 3. The monoisotopic (exact) mass is 404 g/mol. The number of ether oxygens (including phenoxy) is 1. The molecule has 1 aliphatic heterocycles. The van der Waals surface area contributed by atoms with Gasteiger partial charge in [0.05, 0.1) is 5.39 Å². The first kappa shape index (κ1) is 19.1. The molecule has 4 rings (SSSR count). The van der Waals surface area contributed by atoms with Crippen LogP contribution in [0.15, 0.2) is 36.8 Å². The summed E-state index contributed by atoms with van der Waals surface area (Å²) in [5.74, 6) is 0.302. The van der Waals surface area contributed by atoms with Crippen molar-refractivity contribution in [3.8, 4) is 0 Å². The number of benzene rings is 1. The quantitative estimate of drug-likeness (QED) is 0.523. The fourth-order valence-corrected chi connectivity index (χ4v) is 3.77. The molecule has 0 spiro atoms. The first-order chi connectivity index (χ1) is 13.2. The second-order valence-corrected chi connectivity index (χ2v) is 7.70. The maximum atomic E-state index is 10.9. The molecule has 1 fully saturated rings. The molecule has 3 aromatic rings. The number of aryl methyl sites for hydroxylation is 1. The van der Waals surface area contributed by atoms with Crippen LogP contribution in [0.1, 0.15) is 30.4 Å². The second kappa shape index (κ2) is 6.68. The number of halogens is 1. The molecule has 5 atom stereocenters. The van der Waals surface area contributed by atoms with Gasteiger partial charge in [0, 0.05) is 11.2 Å². The summed E-state index contributed by atoms with van der Waals surface area (Å²) >= 11 is 6.06. The Bertz CT molecular complexity index is 1040. The molecule has 1 aromatic carbocycles. The molecule has 148 valence electrons. The SMILES string of the molecule is Cc1cc([C@@H](O)[C@H]2O[C@@H](n3ccc4c(N)ncnc43)[C@H](O)[C@]2(C)O)ccc1Cl. The molecule has 5 N–H and O–H groups in total. The number of hydrogen-bond acceptors (Lipinski definition) is 7. The van der Waals surface area contributed by atoms with Gasteiger partial charge in [0.2, 0.25) is 0 Å². The van der Waals surface area contributed by atoms with Crippen molar-refractivity contribution in [1.82, 2.24) is 14.5 Å². The maximum absolute atomic E-state index is 10.9. The third-order valence-electron chi connectivity index (χ3n) is 5.36. The molecule has 0 unspecified atom stereocenters. The van der Waals surface area contributed by atoms with Crippen LogP contribution in [0.25, 0.3) is 11.0 Å². The minimum Gasteiger partial charge on any atom is -0.386 e. The number of aromatic nitrogens is 3. The smallest absolute Gasteiger partial charge is 0.164 e. The zero-order valence-corrected chi connectivity index (χ0v) is 16.1. The maximum Gasteiger partial charge on any atom is 0.164 e. The van der Waals surface area contributed by atoms with Gasteiger partial charge in [0.1, 0.15) is 41.7 Å². The molecule has 0 bridgehead atoms. The minimum absolute atomic E-state index is 0.302. The topological polar surface area (TPSA) is 127 Å². The predicted molar refractivity (Wildman–Crippen MR) is 104 cm³/mol. The van der Waals surface area contributed by atoms with Crippen molar-refractivity contribution >= 4 is 28.5 Å². The van der Waals surface area contributed by atoms with E-state index in [1.54, 1.807) is 35.0 Å². The molecule has 0 radical (unpaired) electrons. The van der Waals surface area contributed by atoms with Crippen molar-refractivity contribution in [3.05, 3.63) is 52.9 Å². The highest BCUT2D eigenvalue weighted by Crippen LogP contribution is 2.43. The Morgan fingerprint density at radius 3 is 2.79 bits per heavy atom. The second-order valence-electron chi connectivity index (χ2n) is 7.29. The van der Waals surface area contributed by atoms with Gasteiger partial charge in [-0.1, -0.05) is 23.7 Å². The van der Waals surface area contributed by atoms with Gasteiger partial charge in [-0.2, -0.15) is 0 Å². The van der Waals surface area contributed by atoms with Crippen LogP contribution < -0.4 is 5.73 Å². The summed E-state index contributed by atoms with van der Waals surface area (Å²) in [6, 6.07) is 6.78. The first-order valence-electron chi connectivity index (χ1n) is 8.79. The Labute approximate surface area is 166 Å². The fraction of sp³-hybridized carbons (Fsp3) is 0.368. The highest BCUT2D eigenvalue weighted by atomic mass is 35.5. The lowest BCUT2D eigenvalue weighted by Crippen LogP contribution is -2.47. The van der Waals surface area contributed by atoms with Crippen LogP contribution in [0.2, 0.25) is 5.02 Å². The van der Waals surface area contributed by atoms with E-state index < -0.39 is 30.1 Å². The Morgan fingerprint density at radius 2 is 2.07 bits per heavy atom. The normalized spacial score (nSPS) is 28.7. The molecule has 1 aliphatic rings. The summed E-state index contributed by atoms with van der Waals surface area (Å²) < 4.78 is 7.52. The van der Waals surface area contributed by atoms with Crippen LogP contribution in [0.5, 0.6) is 0 Å². The van der Waals surface area contributed by atoms with Crippen LogP contribution in [-0.4, -0.2) is 47.7 Å². The molecule has 0 amide bonds. The minimum atomic E-state index is -1.72. The average Bonchev–Trinajstić information content (AvgIpc) is 3.17. The summed E-state index contributed by atoms with van der Waals surface area (Å²) in [6.45, 7) is 3.25. The number of aliphatic hydroxyl groups is 3. The van der Waals surface area contributed by atoms with E-state index >= 15 is 0 Å². The first-order valence-corrected chi connectivity index (χ1v) is 9.16. The van der Waals surface area contributed by atoms with Gasteiger partial charge >= 0.3 is 0 Å². The predicted octanol–water partition coefficient (Wildman–Crippen LogP) is 1.72. The largest absolute Gasteiger partial charge is 0.386 e. The van der Waals surface area contributed by atoms with Gasteiger partial charge in [-0.3, -0.25) is 0 Å². The van der Waals surface area contributed by atoms with Crippen molar-refractivity contribution in [2.24, 2.45) is 0 Å². The van der Waals surface area contributed by atoms with Crippen LogP contribution in [0.3, 0.4) is 0 Å². The van der Waals surface area contributed by atoms with Crippen molar-refractivity contribution in [2.75, 3.05) is 5.73 Å². The van der Waals surface area contributed by atoms with Gasteiger partial charge in [-0.05, 0) is 37.1 Å². The Morgan fingerprint density at radius 1 is 1.32 bits per heavy atom. The van der Waals surface area contributed by atoms with Crippen LogP contribution >= 0.6 is 11.6 Å². The van der Waals surface area contributed by atoms with Crippen LogP contribution in [-0.2, 0) is 4.74 Å². The van der Waals surface area contributed by atoms with Crippen molar-refractivity contribution in [2.45, 2.75) is 44.0 Å². The summed E-state index contributed by atoms with van der Waals surface area (Å²) in [5, 5.41) is 33.8. The van der Waals surface area contributed by atoms with E-state index in [9.17, 15) is 15.3 Å². The molecule has 0 aliphatic carbocycles. The number of anilines is 1. The van der Waals surface area contributed by atoms with E-state index in [2.05, 4.69) is 9.97 Å². The van der Waals surface area contributed by atoms with E-state index in [0.29, 0.717) is 27.4 Å². The molecule has 28 heavy (non-hydrogen) atoms. The van der Waals surface area contributed by atoms with E-state index in [1.165, 1.54) is 13.3 Å². The lowest BCUT2D eigenvalue weighted by atomic mass is 9.88. The van der Waals surface area contributed by atoms with E-state index in [-0.39, 0.29) is 0 Å². The zero-order valence-electron chi connectivity index (χ0n) is 15.3. The fourth-order valence-electron chi connectivity index (χ4n) is 3.65. The van der Waals surface area contributed by atoms with Gasteiger partial charge in [-0.25, -0.2) is 9.97 Å². The van der Waals surface area contributed by atoms with Gasteiger partial charge in [0.15, 0.2) is 6.23 Å². The highest BCUT2D eigenvalue weighted by Gasteiger charge is 2.55. The lowest BCUT2D eigenvalue weighted by molar-refractivity contribution is -0.115. The summed E-state index contributed by atoms with van der Waals surface area (Å²) in [6.07, 6.45) is -1.56. The summed E-state index contributed by atoms with van der Waals surface area (Å²) in [4.78, 5) is 8.14. The van der Waals surface area contributed by atoms with E-state index in [4.69, 9.17) is 22.1 Å². The van der Waals surface area contributed by atoms with Crippen LogP contribution in [0, 0.1) is 6.92 Å². The van der Waals surface area contributed by atoms with E-state index in [1.807, 2.05) is 6.92 Å². The number of fused-ring (bicyclic) bond motifs is 1. The Kier molecular flexibility index (Phi) is 4.56. The van der Waals surface area contributed by atoms with Gasteiger partial charge < -0.3 is 30.4 Å². The molecule has 2 aromatic heterocycles. The molecule has 8 nitrogen and oxygen atoms in total. The Hall–Kier alpha value is -2.23. The number of nitrogen functional groups attached to an aromatic ring is 1. The van der Waals surface area contributed by atoms with Gasteiger partial charge in [0.25, 0.3) is 0 Å². The molecular weight excluding hydrogens is 384 g/mol. The van der Waals surface area contributed by atoms with Gasteiger partial charge in [-0.15, -0.1) is 0 Å². The van der Waals surface area contributed by atoms with Crippen molar-refractivity contribution < 1.29 is 20.1 Å². The molecule has 9 heteroatoms. The average molecular weight is 405 g/mol. The van der Waals surface area contributed by atoms with Crippen molar-refractivity contribution in [3.63, 3.8) is 0 Å². The number of nitrogens with zero attached hydrogens (tertiary/aromatic N) is 3.